The Morgan fingerprint density at radius 2 is 2.25 bits per heavy atom. The number of fused-ring (bicyclic) bond motifs is 1. The topological polar surface area (TPSA) is 55.1 Å². The van der Waals surface area contributed by atoms with Crippen molar-refractivity contribution in [3.8, 4) is 0 Å². The number of nitrogens with two attached hydrogens (primary N) is 1. The van der Waals surface area contributed by atoms with Crippen molar-refractivity contribution in [1.29, 1.82) is 0 Å². The summed E-state index contributed by atoms with van der Waals surface area (Å²) in [5.41, 5.74) is 9.28. The molecule has 0 saturated heterocycles. The molecule has 0 spiro atoms. The van der Waals surface area contributed by atoms with Crippen LogP contribution in [-0.4, -0.2) is 11.9 Å². The van der Waals surface area contributed by atoms with E-state index in [-0.39, 0.29) is 11.9 Å². The summed E-state index contributed by atoms with van der Waals surface area (Å²) in [6, 6.07) is 6.52. The largest absolute Gasteiger partial charge is 0.328 e. The summed E-state index contributed by atoms with van der Waals surface area (Å²) < 4.78 is 0. The molecule has 0 radical (unpaired) electrons. The molecular formula is C13H18N2O. The SMILES string of the molecule is CC(N)CCc1ccc2c(c1)CCC(=O)N2. The number of aryl methyl sites for hydroxylation is 2. The van der Waals surface area contributed by atoms with Gasteiger partial charge in [0.05, 0.1) is 0 Å². The van der Waals surface area contributed by atoms with Gasteiger partial charge in [0, 0.05) is 18.2 Å². The maximum Gasteiger partial charge on any atom is 0.224 e. The monoisotopic (exact) mass is 218 g/mol. The van der Waals surface area contributed by atoms with Gasteiger partial charge in [0.25, 0.3) is 0 Å². The maximum absolute atomic E-state index is 11.2. The van der Waals surface area contributed by atoms with Gasteiger partial charge in [-0.05, 0) is 43.4 Å². The summed E-state index contributed by atoms with van der Waals surface area (Å²) in [6.45, 7) is 2.03. The molecule has 16 heavy (non-hydrogen) atoms. The molecule has 0 bridgehead atoms. The van der Waals surface area contributed by atoms with Crippen LogP contribution in [0.4, 0.5) is 5.69 Å². The zero-order chi connectivity index (χ0) is 11.5. The third-order valence-electron chi connectivity index (χ3n) is 2.95. The molecular weight excluding hydrogens is 200 g/mol. The van der Waals surface area contributed by atoms with Gasteiger partial charge < -0.3 is 11.1 Å². The number of nitrogens with one attached hydrogen (secondary N) is 1. The minimum atomic E-state index is 0.121. The molecule has 2 rings (SSSR count). The van der Waals surface area contributed by atoms with Gasteiger partial charge >= 0.3 is 0 Å². The summed E-state index contributed by atoms with van der Waals surface area (Å²) in [6.07, 6.45) is 3.47. The zero-order valence-corrected chi connectivity index (χ0v) is 9.62. The lowest BCUT2D eigenvalue weighted by atomic mass is 9.98. The van der Waals surface area contributed by atoms with Crippen molar-refractivity contribution in [3.63, 3.8) is 0 Å². The number of amides is 1. The van der Waals surface area contributed by atoms with E-state index in [1.165, 1.54) is 11.1 Å². The number of carbonyl (C=O) groups excluding carboxylic acids is 1. The molecule has 1 unspecified atom stereocenters. The van der Waals surface area contributed by atoms with Gasteiger partial charge in [-0.25, -0.2) is 0 Å². The number of carbonyl (C=O) groups is 1. The van der Waals surface area contributed by atoms with Crippen LogP contribution < -0.4 is 11.1 Å². The molecule has 0 aliphatic carbocycles. The van der Waals surface area contributed by atoms with Crippen LogP contribution in [0.1, 0.15) is 30.9 Å². The number of hydrogen-bond donors (Lipinski definition) is 2. The predicted octanol–water partition coefficient (Wildman–Crippen LogP) is 1.85. The highest BCUT2D eigenvalue weighted by atomic mass is 16.1. The van der Waals surface area contributed by atoms with Crippen molar-refractivity contribution in [3.05, 3.63) is 29.3 Å². The summed E-state index contributed by atoms with van der Waals surface area (Å²) in [5, 5.41) is 2.89. The number of rotatable bonds is 3. The van der Waals surface area contributed by atoms with E-state index < -0.39 is 0 Å². The molecule has 1 heterocycles. The van der Waals surface area contributed by atoms with Crippen molar-refractivity contribution in [2.24, 2.45) is 5.73 Å². The van der Waals surface area contributed by atoms with Crippen molar-refractivity contribution in [2.75, 3.05) is 5.32 Å². The molecule has 3 N–H and O–H groups in total. The molecule has 1 aliphatic rings. The normalized spacial score (nSPS) is 16.5. The van der Waals surface area contributed by atoms with Crippen molar-refractivity contribution in [1.82, 2.24) is 0 Å². The third-order valence-corrected chi connectivity index (χ3v) is 2.95. The Hall–Kier alpha value is -1.35. The molecule has 86 valence electrons. The fourth-order valence-corrected chi connectivity index (χ4v) is 1.99. The van der Waals surface area contributed by atoms with E-state index in [9.17, 15) is 4.79 Å². The summed E-state index contributed by atoms with van der Waals surface area (Å²) in [7, 11) is 0. The van der Waals surface area contributed by atoms with Gasteiger partial charge in [0.15, 0.2) is 0 Å². The average Bonchev–Trinajstić information content (AvgIpc) is 2.26. The second-order valence-electron chi connectivity index (χ2n) is 4.56. The quantitative estimate of drug-likeness (QED) is 0.813. The minimum Gasteiger partial charge on any atom is -0.328 e. The number of benzene rings is 1. The molecule has 1 aromatic carbocycles. The second-order valence-corrected chi connectivity index (χ2v) is 4.56. The Bertz CT molecular complexity index is 399. The first kappa shape index (κ1) is 11.1. The van der Waals surface area contributed by atoms with E-state index >= 15 is 0 Å². The fourth-order valence-electron chi connectivity index (χ4n) is 1.99. The van der Waals surface area contributed by atoms with E-state index in [0.29, 0.717) is 6.42 Å². The average molecular weight is 218 g/mol. The molecule has 1 aliphatic heterocycles. The third kappa shape index (κ3) is 2.61. The first-order valence-electron chi connectivity index (χ1n) is 5.82. The molecule has 3 heteroatoms. The highest BCUT2D eigenvalue weighted by Gasteiger charge is 2.14. The van der Waals surface area contributed by atoms with Crippen molar-refractivity contribution in [2.45, 2.75) is 38.6 Å². The van der Waals surface area contributed by atoms with Crippen LogP contribution in [0.5, 0.6) is 0 Å². The van der Waals surface area contributed by atoms with Crippen molar-refractivity contribution < 1.29 is 4.79 Å². The standard InChI is InChI=1S/C13H18N2O/c1-9(14)2-3-10-4-6-12-11(8-10)5-7-13(16)15-12/h4,6,8-9H,2-3,5,7,14H2,1H3,(H,15,16). The van der Waals surface area contributed by atoms with Crippen LogP contribution in [0, 0.1) is 0 Å². The first-order valence-corrected chi connectivity index (χ1v) is 5.82. The second kappa shape index (κ2) is 4.66. The summed E-state index contributed by atoms with van der Waals surface area (Å²) >= 11 is 0. The van der Waals surface area contributed by atoms with Gasteiger partial charge in [-0.2, -0.15) is 0 Å². The van der Waals surface area contributed by atoms with Gasteiger partial charge in [-0.15, -0.1) is 0 Å². The van der Waals surface area contributed by atoms with E-state index in [1.807, 2.05) is 13.0 Å². The molecule has 0 fully saturated rings. The Morgan fingerprint density at radius 3 is 3.00 bits per heavy atom. The number of hydrogen-bond acceptors (Lipinski definition) is 2. The lowest BCUT2D eigenvalue weighted by Crippen LogP contribution is -2.19. The lowest BCUT2D eigenvalue weighted by Gasteiger charge is -2.17. The van der Waals surface area contributed by atoms with E-state index in [0.717, 1.165) is 24.9 Å². The van der Waals surface area contributed by atoms with Crippen LogP contribution in [0.3, 0.4) is 0 Å². The lowest BCUT2D eigenvalue weighted by molar-refractivity contribution is -0.116. The van der Waals surface area contributed by atoms with Crippen LogP contribution >= 0.6 is 0 Å². The number of anilines is 1. The van der Waals surface area contributed by atoms with Crippen LogP contribution in [0.2, 0.25) is 0 Å². The highest BCUT2D eigenvalue weighted by molar-refractivity contribution is 5.93. The summed E-state index contributed by atoms with van der Waals surface area (Å²) in [5.74, 6) is 0.121. The smallest absolute Gasteiger partial charge is 0.224 e. The van der Waals surface area contributed by atoms with Crippen molar-refractivity contribution >= 4 is 11.6 Å². The Kier molecular flexibility index (Phi) is 3.25. The highest BCUT2D eigenvalue weighted by Crippen LogP contribution is 2.24. The van der Waals surface area contributed by atoms with Gasteiger partial charge in [0.1, 0.15) is 0 Å². The Morgan fingerprint density at radius 1 is 1.44 bits per heavy atom. The van der Waals surface area contributed by atoms with Gasteiger partial charge in [-0.1, -0.05) is 12.1 Å². The Balaban J connectivity index is 2.10. The maximum atomic E-state index is 11.2. The van der Waals surface area contributed by atoms with Crippen LogP contribution in [0.15, 0.2) is 18.2 Å². The van der Waals surface area contributed by atoms with E-state index in [2.05, 4.69) is 17.4 Å². The molecule has 1 atom stereocenters. The first-order chi connectivity index (χ1) is 7.65. The fraction of sp³-hybridized carbons (Fsp3) is 0.462. The molecule has 0 saturated carbocycles. The Labute approximate surface area is 96.0 Å². The summed E-state index contributed by atoms with van der Waals surface area (Å²) in [4.78, 5) is 11.2. The van der Waals surface area contributed by atoms with E-state index in [1.54, 1.807) is 0 Å². The van der Waals surface area contributed by atoms with Crippen LogP contribution in [0.25, 0.3) is 0 Å². The molecule has 3 nitrogen and oxygen atoms in total. The minimum absolute atomic E-state index is 0.121. The van der Waals surface area contributed by atoms with Crippen LogP contribution in [-0.2, 0) is 17.6 Å². The molecule has 1 aromatic rings. The molecule has 0 aromatic heterocycles. The van der Waals surface area contributed by atoms with Gasteiger partial charge in [-0.3, -0.25) is 4.79 Å². The van der Waals surface area contributed by atoms with Gasteiger partial charge in [0.2, 0.25) is 5.91 Å². The predicted molar refractivity (Wildman–Crippen MR) is 65.4 cm³/mol. The van der Waals surface area contributed by atoms with E-state index in [4.69, 9.17) is 5.73 Å². The molecule has 1 amide bonds. The zero-order valence-electron chi connectivity index (χ0n) is 9.62.